The Morgan fingerprint density at radius 1 is 1.00 bits per heavy atom. The van der Waals surface area contributed by atoms with Crippen molar-refractivity contribution in [2.75, 3.05) is 31.1 Å². The second kappa shape index (κ2) is 8.85. The summed E-state index contributed by atoms with van der Waals surface area (Å²) in [6, 6.07) is 12.5. The molecule has 0 aliphatic carbocycles. The Kier molecular flexibility index (Phi) is 6.01. The van der Waals surface area contributed by atoms with Crippen LogP contribution in [0.5, 0.6) is 11.6 Å². The number of amides is 1. The number of benzene rings is 2. The van der Waals surface area contributed by atoms with E-state index in [1.54, 1.807) is 47.5 Å². The van der Waals surface area contributed by atoms with Crippen LogP contribution >= 0.6 is 23.2 Å². The lowest BCUT2D eigenvalue weighted by atomic mass is 10.1. The minimum absolute atomic E-state index is 0.0813. The SMILES string of the molecule is O=C(c1ccccc1F)N1CCN(c2nccc(Oc3cc(Cl)cc(Cl)c3)n2)CC1. The minimum Gasteiger partial charge on any atom is -0.439 e. The first-order valence-corrected chi connectivity index (χ1v) is 10.0. The molecule has 4 rings (SSSR count). The number of hydrogen-bond donors (Lipinski definition) is 0. The third kappa shape index (κ3) is 4.63. The van der Waals surface area contributed by atoms with E-state index in [0.717, 1.165) is 0 Å². The lowest BCUT2D eigenvalue weighted by Gasteiger charge is -2.34. The van der Waals surface area contributed by atoms with E-state index in [1.165, 1.54) is 12.1 Å². The normalized spacial score (nSPS) is 14.0. The fraction of sp³-hybridized carbons (Fsp3) is 0.190. The molecule has 154 valence electrons. The summed E-state index contributed by atoms with van der Waals surface area (Å²) in [6.45, 7) is 1.91. The molecule has 0 radical (unpaired) electrons. The predicted molar refractivity (Wildman–Crippen MR) is 113 cm³/mol. The van der Waals surface area contributed by atoms with E-state index in [4.69, 9.17) is 27.9 Å². The van der Waals surface area contributed by atoms with Crippen molar-refractivity contribution in [3.63, 3.8) is 0 Å². The van der Waals surface area contributed by atoms with Gasteiger partial charge in [0.25, 0.3) is 5.91 Å². The first kappa shape index (κ1) is 20.4. The fourth-order valence-electron chi connectivity index (χ4n) is 3.16. The molecule has 2 aromatic carbocycles. The van der Waals surface area contributed by atoms with Gasteiger partial charge >= 0.3 is 0 Å². The molecule has 1 aromatic heterocycles. The quantitative estimate of drug-likeness (QED) is 0.582. The van der Waals surface area contributed by atoms with Crippen molar-refractivity contribution in [2.24, 2.45) is 0 Å². The molecule has 0 N–H and O–H groups in total. The van der Waals surface area contributed by atoms with E-state index in [9.17, 15) is 9.18 Å². The van der Waals surface area contributed by atoms with Crippen LogP contribution in [0.3, 0.4) is 0 Å². The van der Waals surface area contributed by atoms with Crippen LogP contribution in [-0.2, 0) is 0 Å². The van der Waals surface area contributed by atoms with Gasteiger partial charge in [0.05, 0.1) is 5.56 Å². The van der Waals surface area contributed by atoms with Gasteiger partial charge in [-0.1, -0.05) is 35.3 Å². The molecule has 1 aliphatic rings. The Hall–Kier alpha value is -2.90. The van der Waals surface area contributed by atoms with Crippen LogP contribution in [0.1, 0.15) is 10.4 Å². The molecule has 0 unspecified atom stereocenters. The van der Waals surface area contributed by atoms with Gasteiger partial charge in [0.2, 0.25) is 11.8 Å². The smallest absolute Gasteiger partial charge is 0.256 e. The first-order valence-electron chi connectivity index (χ1n) is 9.25. The number of hydrogen-bond acceptors (Lipinski definition) is 5. The summed E-state index contributed by atoms with van der Waals surface area (Å²) in [6.07, 6.45) is 1.60. The van der Waals surface area contributed by atoms with E-state index < -0.39 is 5.82 Å². The summed E-state index contributed by atoms with van der Waals surface area (Å²) in [5.41, 5.74) is 0.0813. The van der Waals surface area contributed by atoms with E-state index in [1.807, 2.05) is 4.90 Å². The minimum atomic E-state index is -0.515. The molecule has 1 aliphatic heterocycles. The molecule has 30 heavy (non-hydrogen) atoms. The predicted octanol–water partition coefficient (Wildman–Crippen LogP) is 4.68. The van der Waals surface area contributed by atoms with E-state index in [2.05, 4.69) is 9.97 Å². The van der Waals surface area contributed by atoms with Crippen LogP contribution in [0.2, 0.25) is 10.0 Å². The Bertz CT molecular complexity index is 1050. The molecule has 0 spiro atoms. The summed E-state index contributed by atoms with van der Waals surface area (Å²) < 4.78 is 19.7. The highest BCUT2D eigenvalue weighted by Crippen LogP contribution is 2.28. The largest absolute Gasteiger partial charge is 0.439 e. The number of nitrogens with zero attached hydrogens (tertiary/aromatic N) is 4. The van der Waals surface area contributed by atoms with Crippen molar-refractivity contribution >= 4 is 35.1 Å². The van der Waals surface area contributed by atoms with Crippen LogP contribution in [-0.4, -0.2) is 47.0 Å². The third-order valence-corrected chi connectivity index (χ3v) is 5.07. The lowest BCUT2D eigenvalue weighted by Crippen LogP contribution is -2.49. The van der Waals surface area contributed by atoms with Gasteiger partial charge in [0.1, 0.15) is 11.6 Å². The molecule has 0 bridgehead atoms. The molecule has 2 heterocycles. The summed E-state index contributed by atoms with van der Waals surface area (Å²) in [5, 5.41) is 0.921. The highest BCUT2D eigenvalue weighted by atomic mass is 35.5. The zero-order valence-corrected chi connectivity index (χ0v) is 17.3. The number of piperazine rings is 1. The fourth-order valence-corrected chi connectivity index (χ4v) is 3.67. The number of rotatable bonds is 4. The average molecular weight is 447 g/mol. The van der Waals surface area contributed by atoms with Gasteiger partial charge in [0.15, 0.2) is 0 Å². The number of carbonyl (C=O) groups is 1. The van der Waals surface area contributed by atoms with Crippen molar-refractivity contribution in [2.45, 2.75) is 0 Å². The second-order valence-corrected chi connectivity index (χ2v) is 7.53. The van der Waals surface area contributed by atoms with Crippen molar-refractivity contribution in [3.05, 3.63) is 76.2 Å². The van der Waals surface area contributed by atoms with Crippen molar-refractivity contribution in [1.82, 2.24) is 14.9 Å². The van der Waals surface area contributed by atoms with Crippen LogP contribution in [0.4, 0.5) is 10.3 Å². The van der Waals surface area contributed by atoms with Crippen LogP contribution in [0.15, 0.2) is 54.7 Å². The summed E-state index contributed by atoms with van der Waals surface area (Å²) >= 11 is 12.0. The van der Waals surface area contributed by atoms with E-state index in [0.29, 0.717) is 53.8 Å². The molecule has 1 saturated heterocycles. The van der Waals surface area contributed by atoms with Crippen molar-refractivity contribution in [3.8, 4) is 11.6 Å². The molecule has 3 aromatic rings. The monoisotopic (exact) mass is 446 g/mol. The Morgan fingerprint density at radius 3 is 2.40 bits per heavy atom. The number of aromatic nitrogens is 2. The Morgan fingerprint density at radius 2 is 1.70 bits per heavy atom. The molecule has 6 nitrogen and oxygen atoms in total. The van der Waals surface area contributed by atoms with Crippen LogP contribution < -0.4 is 9.64 Å². The van der Waals surface area contributed by atoms with Gasteiger partial charge in [-0.25, -0.2) is 9.37 Å². The highest BCUT2D eigenvalue weighted by Gasteiger charge is 2.25. The van der Waals surface area contributed by atoms with Crippen molar-refractivity contribution in [1.29, 1.82) is 0 Å². The van der Waals surface area contributed by atoms with Crippen LogP contribution in [0, 0.1) is 5.82 Å². The molecule has 0 atom stereocenters. The molecule has 9 heteroatoms. The molecule has 1 amide bonds. The second-order valence-electron chi connectivity index (χ2n) is 6.66. The first-order chi connectivity index (χ1) is 14.5. The zero-order valence-electron chi connectivity index (χ0n) is 15.8. The van der Waals surface area contributed by atoms with Gasteiger partial charge in [-0.2, -0.15) is 4.98 Å². The Balaban J connectivity index is 1.42. The zero-order chi connectivity index (χ0) is 21.1. The molecular formula is C21H17Cl2FN4O2. The number of anilines is 1. The van der Waals surface area contributed by atoms with E-state index >= 15 is 0 Å². The maximum Gasteiger partial charge on any atom is 0.256 e. The highest BCUT2D eigenvalue weighted by molar-refractivity contribution is 6.34. The number of ether oxygens (including phenoxy) is 1. The molecular weight excluding hydrogens is 430 g/mol. The van der Waals surface area contributed by atoms with Gasteiger partial charge in [-0.3, -0.25) is 4.79 Å². The molecule has 0 saturated carbocycles. The Labute approximate surface area is 182 Å². The third-order valence-electron chi connectivity index (χ3n) is 4.63. The van der Waals surface area contributed by atoms with Crippen LogP contribution in [0.25, 0.3) is 0 Å². The van der Waals surface area contributed by atoms with Gasteiger partial charge < -0.3 is 14.5 Å². The topological polar surface area (TPSA) is 58.6 Å². The average Bonchev–Trinajstić information content (AvgIpc) is 2.73. The summed E-state index contributed by atoms with van der Waals surface area (Å²) in [7, 11) is 0. The maximum atomic E-state index is 13.9. The lowest BCUT2D eigenvalue weighted by molar-refractivity contribution is 0.0741. The molecule has 1 fully saturated rings. The van der Waals surface area contributed by atoms with Gasteiger partial charge in [-0.15, -0.1) is 0 Å². The summed E-state index contributed by atoms with van der Waals surface area (Å²) in [4.78, 5) is 24.9. The number of carbonyl (C=O) groups excluding carboxylic acids is 1. The van der Waals surface area contributed by atoms with Crippen molar-refractivity contribution < 1.29 is 13.9 Å². The summed E-state index contributed by atoms with van der Waals surface area (Å²) in [5.74, 6) is 0.474. The number of halogens is 3. The van der Waals surface area contributed by atoms with Gasteiger partial charge in [-0.05, 0) is 30.3 Å². The van der Waals surface area contributed by atoms with Gasteiger partial charge in [0, 0.05) is 48.5 Å². The van der Waals surface area contributed by atoms with E-state index in [-0.39, 0.29) is 11.5 Å². The standard InChI is InChI=1S/C21H17Cl2FN4O2/c22-14-11-15(23)13-16(12-14)30-19-5-6-25-21(26-19)28-9-7-27(8-10-28)20(29)17-3-1-2-4-18(17)24/h1-6,11-13H,7-10H2. The maximum absolute atomic E-state index is 13.9.